The fraction of sp³-hybridized carbons (Fsp3) is 0.0833. The summed E-state index contributed by atoms with van der Waals surface area (Å²) in [6.07, 6.45) is 1.58. The molecule has 0 spiro atoms. The van der Waals surface area contributed by atoms with Crippen molar-refractivity contribution < 1.29 is 9.13 Å². The molecule has 0 fully saturated rings. The van der Waals surface area contributed by atoms with E-state index in [1.807, 2.05) is 0 Å². The molecule has 0 radical (unpaired) electrons. The Morgan fingerprint density at radius 2 is 2.12 bits per heavy atom. The standard InChI is InChI=1S/C12H8BrClFNO/c13-8-1-2-11(15)12(5-8)17-7-10-6-9(14)3-4-16-10/h1-6H,7H2. The number of pyridine rings is 1. The van der Waals surface area contributed by atoms with Crippen molar-refractivity contribution in [2.24, 2.45) is 0 Å². The van der Waals surface area contributed by atoms with Crippen molar-refractivity contribution in [3.05, 3.63) is 57.5 Å². The highest BCUT2D eigenvalue weighted by atomic mass is 79.9. The van der Waals surface area contributed by atoms with Crippen molar-refractivity contribution in [3.8, 4) is 5.75 Å². The molecule has 2 nitrogen and oxygen atoms in total. The van der Waals surface area contributed by atoms with Gasteiger partial charge in [0.1, 0.15) is 6.61 Å². The molecule has 1 aromatic carbocycles. The zero-order valence-corrected chi connectivity index (χ0v) is 11.0. The summed E-state index contributed by atoms with van der Waals surface area (Å²) in [5.41, 5.74) is 0.650. The summed E-state index contributed by atoms with van der Waals surface area (Å²) in [6, 6.07) is 7.87. The number of hydrogen-bond acceptors (Lipinski definition) is 2. The van der Waals surface area contributed by atoms with E-state index in [-0.39, 0.29) is 12.4 Å². The molecule has 1 heterocycles. The van der Waals surface area contributed by atoms with Gasteiger partial charge in [0.25, 0.3) is 0 Å². The Hall–Kier alpha value is -1.13. The van der Waals surface area contributed by atoms with Gasteiger partial charge < -0.3 is 4.74 Å². The van der Waals surface area contributed by atoms with E-state index in [4.69, 9.17) is 16.3 Å². The van der Waals surface area contributed by atoms with Crippen molar-refractivity contribution in [1.82, 2.24) is 4.98 Å². The van der Waals surface area contributed by atoms with E-state index < -0.39 is 5.82 Å². The monoisotopic (exact) mass is 315 g/mol. The molecule has 2 aromatic rings. The van der Waals surface area contributed by atoms with Crippen LogP contribution in [0.15, 0.2) is 41.0 Å². The van der Waals surface area contributed by atoms with Crippen LogP contribution in [-0.2, 0) is 6.61 Å². The second-order valence-corrected chi connectivity index (χ2v) is 4.68. The highest BCUT2D eigenvalue weighted by Crippen LogP contribution is 2.23. The summed E-state index contributed by atoms with van der Waals surface area (Å²) in [7, 11) is 0. The molecule has 1 aromatic heterocycles. The fourth-order valence-corrected chi connectivity index (χ4v) is 1.79. The largest absolute Gasteiger partial charge is 0.484 e. The van der Waals surface area contributed by atoms with Gasteiger partial charge in [-0.2, -0.15) is 0 Å². The van der Waals surface area contributed by atoms with E-state index in [0.717, 1.165) is 4.47 Å². The topological polar surface area (TPSA) is 22.1 Å². The zero-order valence-electron chi connectivity index (χ0n) is 8.66. The van der Waals surface area contributed by atoms with Gasteiger partial charge in [0.05, 0.1) is 5.69 Å². The third-order valence-corrected chi connectivity index (χ3v) is 2.78. The molecule has 0 bridgehead atoms. The normalized spacial score (nSPS) is 10.3. The summed E-state index contributed by atoms with van der Waals surface area (Å²) in [4.78, 5) is 4.06. The Morgan fingerprint density at radius 1 is 1.29 bits per heavy atom. The average Bonchev–Trinajstić information content (AvgIpc) is 2.30. The van der Waals surface area contributed by atoms with Crippen molar-refractivity contribution in [2.45, 2.75) is 6.61 Å². The van der Waals surface area contributed by atoms with Gasteiger partial charge >= 0.3 is 0 Å². The van der Waals surface area contributed by atoms with Gasteiger partial charge in [0.2, 0.25) is 0 Å². The molecule has 2 rings (SSSR count). The summed E-state index contributed by atoms with van der Waals surface area (Å²) in [5.74, 6) is -0.226. The molecular weight excluding hydrogens is 308 g/mol. The summed E-state index contributed by atoms with van der Waals surface area (Å²) >= 11 is 9.06. The van der Waals surface area contributed by atoms with Crippen molar-refractivity contribution in [3.63, 3.8) is 0 Å². The Morgan fingerprint density at radius 3 is 2.88 bits per heavy atom. The molecule has 0 amide bonds. The van der Waals surface area contributed by atoms with Crippen LogP contribution in [0.5, 0.6) is 5.75 Å². The second kappa shape index (κ2) is 5.47. The molecule has 5 heteroatoms. The third-order valence-electron chi connectivity index (χ3n) is 2.05. The lowest BCUT2D eigenvalue weighted by Gasteiger charge is -2.07. The van der Waals surface area contributed by atoms with E-state index in [9.17, 15) is 4.39 Å². The number of rotatable bonds is 3. The van der Waals surface area contributed by atoms with Crippen LogP contribution in [0, 0.1) is 5.82 Å². The van der Waals surface area contributed by atoms with E-state index in [0.29, 0.717) is 10.7 Å². The molecule has 0 aliphatic rings. The van der Waals surface area contributed by atoms with Crippen LogP contribution in [0.2, 0.25) is 5.02 Å². The summed E-state index contributed by atoms with van der Waals surface area (Å²) in [5, 5.41) is 0.577. The maximum Gasteiger partial charge on any atom is 0.165 e. The first-order valence-electron chi connectivity index (χ1n) is 4.83. The molecule has 0 saturated carbocycles. The van der Waals surface area contributed by atoms with Crippen LogP contribution in [0.25, 0.3) is 0 Å². The number of hydrogen-bond donors (Lipinski definition) is 0. The lowest BCUT2D eigenvalue weighted by atomic mass is 10.3. The number of aromatic nitrogens is 1. The van der Waals surface area contributed by atoms with E-state index in [2.05, 4.69) is 20.9 Å². The zero-order chi connectivity index (χ0) is 12.3. The van der Waals surface area contributed by atoms with Crippen LogP contribution in [0.1, 0.15) is 5.69 Å². The first kappa shape index (κ1) is 12.3. The molecule has 0 N–H and O–H groups in total. The highest BCUT2D eigenvalue weighted by molar-refractivity contribution is 9.10. The molecule has 0 saturated heterocycles. The van der Waals surface area contributed by atoms with Gasteiger partial charge in [-0.1, -0.05) is 27.5 Å². The van der Waals surface area contributed by atoms with Gasteiger partial charge in [-0.15, -0.1) is 0 Å². The smallest absolute Gasteiger partial charge is 0.165 e. The number of ether oxygens (including phenoxy) is 1. The molecule has 0 aliphatic carbocycles. The van der Waals surface area contributed by atoms with Crippen LogP contribution < -0.4 is 4.74 Å². The molecular formula is C12H8BrClFNO. The van der Waals surface area contributed by atoms with Crippen LogP contribution in [0.4, 0.5) is 4.39 Å². The SMILES string of the molecule is Fc1ccc(Br)cc1OCc1cc(Cl)ccn1. The first-order valence-corrected chi connectivity index (χ1v) is 6.00. The minimum absolute atomic E-state index is 0.175. The predicted molar refractivity (Wildman–Crippen MR) is 67.7 cm³/mol. The van der Waals surface area contributed by atoms with Crippen LogP contribution in [0.3, 0.4) is 0 Å². The lowest BCUT2D eigenvalue weighted by Crippen LogP contribution is -1.99. The van der Waals surface area contributed by atoms with Crippen molar-refractivity contribution in [2.75, 3.05) is 0 Å². The molecule has 0 aliphatic heterocycles. The Kier molecular flexibility index (Phi) is 3.97. The predicted octanol–water partition coefficient (Wildman–Crippen LogP) is 4.22. The number of benzene rings is 1. The quantitative estimate of drug-likeness (QED) is 0.846. The van der Waals surface area contributed by atoms with Gasteiger partial charge in [0.15, 0.2) is 11.6 Å². The second-order valence-electron chi connectivity index (χ2n) is 3.33. The molecule has 88 valence electrons. The highest BCUT2D eigenvalue weighted by Gasteiger charge is 2.05. The molecule has 0 atom stereocenters. The van der Waals surface area contributed by atoms with Gasteiger partial charge in [-0.05, 0) is 30.3 Å². The summed E-state index contributed by atoms with van der Waals surface area (Å²) < 4.78 is 19.4. The van der Waals surface area contributed by atoms with Gasteiger partial charge in [-0.25, -0.2) is 4.39 Å². The van der Waals surface area contributed by atoms with Crippen LogP contribution >= 0.6 is 27.5 Å². The van der Waals surface area contributed by atoms with Gasteiger partial charge in [-0.3, -0.25) is 4.98 Å². The van der Waals surface area contributed by atoms with E-state index in [1.165, 1.54) is 6.07 Å². The van der Waals surface area contributed by atoms with E-state index >= 15 is 0 Å². The molecule has 0 unspecified atom stereocenters. The van der Waals surface area contributed by atoms with Crippen molar-refractivity contribution >= 4 is 27.5 Å². The maximum absolute atomic E-state index is 13.4. The first-order chi connectivity index (χ1) is 8.15. The van der Waals surface area contributed by atoms with Gasteiger partial charge in [0, 0.05) is 15.7 Å². The Bertz CT molecular complexity index is 536. The minimum Gasteiger partial charge on any atom is -0.484 e. The molecule has 17 heavy (non-hydrogen) atoms. The third kappa shape index (κ3) is 3.41. The number of halogens is 3. The van der Waals surface area contributed by atoms with E-state index in [1.54, 1.807) is 30.5 Å². The Balaban J connectivity index is 2.09. The maximum atomic E-state index is 13.4. The fourth-order valence-electron chi connectivity index (χ4n) is 1.27. The minimum atomic E-state index is -0.407. The lowest BCUT2D eigenvalue weighted by molar-refractivity contribution is 0.286. The Labute approximate surface area is 112 Å². The average molecular weight is 317 g/mol. The van der Waals surface area contributed by atoms with Crippen LogP contribution in [-0.4, -0.2) is 4.98 Å². The summed E-state index contributed by atoms with van der Waals surface area (Å²) in [6.45, 7) is 0.175. The number of nitrogens with zero attached hydrogens (tertiary/aromatic N) is 1. The van der Waals surface area contributed by atoms with Crippen molar-refractivity contribution in [1.29, 1.82) is 0 Å².